The fourth-order valence-electron chi connectivity index (χ4n) is 3.34. The summed E-state index contributed by atoms with van der Waals surface area (Å²) in [5, 5.41) is 2.81. The number of alkyl carbamates (subject to hydrolysis) is 1. The van der Waals surface area contributed by atoms with Gasteiger partial charge in [0.15, 0.2) is 0 Å². The molecule has 0 radical (unpaired) electrons. The predicted molar refractivity (Wildman–Crippen MR) is 134 cm³/mol. The lowest BCUT2D eigenvalue weighted by molar-refractivity contribution is -0.155. The molecule has 1 atom stereocenters. The normalized spacial score (nSPS) is 12.4. The first kappa shape index (κ1) is 27.9. The van der Waals surface area contributed by atoms with Crippen LogP contribution in [-0.4, -0.2) is 35.3 Å². The summed E-state index contributed by atoms with van der Waals surface area (Å²) >= 11 is 0. The average molecular weight is 484 g/mol. The Kier molecular flexibility index (Phi) is 9.46. The molecule has 7 nitrogen and oxygen atoms in total. The minimum absolute atomic E-state index is 0.0107. The Morgan fingerprint density at radius 1 is 0.886 bits per heavy atom. The van der Waals surface area contributed by atoms with Crippen molar-refractivity contribution in [3.05, 3.63) is 70.8 Å². The lowest BCUT2D eigenvalue weighted by atomic mass is 9.97. The molecule has 2 aromatic rings. The van der Waals surface area contributed by atoms with E-state index in [0.29, 0.717) is 12.0 Å². The predicted octanol–water partition coefficient (Wildman–Crippen LogP) is 5.52. The Balaban J connectivity index is 2.14. The summed E-state index contributed by atoms with van der Waals surface area (Å²) in [4.78, 5) is 37.2. The second-order valence-corrected chi connectivity index (χ2v) is 10.5. The van der Waals surface area contributed by atoms with Crippen LogP contribution in [0.5, 0.6) is 0 Å². The maximum Gasteiger partial charge on any atom is 0.407 e. The van der Waals surface area contributed by atoms with Crippen LogP contribution in [0.15, 0.2) is 48.5 Å². The van der Waals surface area contributed by atoms with Crippen LogP contribution in [0.3, 0.4) is 0 Å². The summed E-state index contributed by atoms with van der Waals surface area (Å²) in [6, 6.07) is 14.0. The largest absolute Gasteiger partial charge is 0.460 e. The number of nitrogens with one attached hydrogen (secondary N) is 1. The topological polar surface area (TPSA) is 90.9 Å². The minimum Gasteiger partial charge on any atom is -0.460 e. The number of aryl methyl sites for hydroxylation is 1. The van der Waals surface area contributed by atoms with Gasteiger partial charge in [-0.2, -0.15) is 0 Å². The van der Waals surface area contributed by atoms with E-state index in [1.807, 2.05) is 31.2 Å². The Bertz CT molecular complexity index is 988. The molecule has 0 unspecified atom stereocenters. The number of benzene rings is 2. The zero-order chi connectivity index (χ0) is 26.2. The van der Waals surface area contributed by atoms with E-state index in [1.165, 1.54) is 0 Å². The molecule has 0 fully saturated rings. The maximum atomic E-state index is 12.5. The van der Waals surface area contributed by atoms with Crippen LogP contribution in [0.4, 0.5) is 4.79 Å². The summed E-state index contributed by atoms with van der Waals surface area (Å²) in [6.45, 7) is 12.8. The van der Waals surface area contributed by atoms with Crippen LogP contribution in [-0.2, 0) is 32.0 Å². The number of carbonyl (C=O) groups is 3. The van der Waals surface area contributed by atoms with Crippen molar-refractivity contribution in [2.24, 2.45) is 0 Å². The van der Waals surface area contributed by atoms with Gasteiger partial charge < -0.3 is 19.5 Å². The van der Waals surface area contributed by atoms with E-state index in [1.54, 1.807) is 65.8 Å². The van der Waals surface area contributed by atoms with E-state index in [-0.39, 0.29) is 13.0 Å². The highest BCUT2D eigenvalue weighted by Crippen LogP contribution is 2.18. The van der Waals surface area contributed by atoms with Gasteiger partial charge in [0, 0.05) is 6.04 Å². The monoisotopic (exact) mass is 483 g/mol. The molecule has 190 valence electrons. The van der Waals surface area contributed by atoms with Crippen molar-refractivity contribution in [1.29, 1.82) is 0 Å². The zero-order valence-electron chi connectivity index (χ0n) is 21.8. The molecule has 0 saturated heterocycles. The average Bonchev–Trinajstić information content (AvgIpc) is 2.71. The van der Waals surface area contributed by atoms with Crippen molar-refractivity contribution in [2.45, 2.75) is 85.2 Å². The Morgan fingerprint density at radius 3 is 2.11 bits per heavy atom. The summed E-state index contributed by atoms with van der Waals surface area (Å²) in [5.41, 5.74) is 1.90. The molecule has 0 aromatic heterocycles. The van der Waals surface area contributed by atoms with Crippen LogP contribution < -0.4 is 5.32 Å². The second kappa shape index (κ2) is 11.9. The highest BCUT2D eigenvalue weighted by atomic mass is 16.6. The molecule has 0 aliphatic carbocycles. The smallest absolute Gasteiger partial charge is 0.407 e. The van der Waals surface area contributed by atoms with Gasteiger partial charge in [-0.25, -0.2) is 9.59 Å². The highest BCUT2D eigenvalue weighted by Gasteiger charge is 2.25. The minimum atomic E-state index is -0.668. The lowest BCUT2D eigenvalue weighted by Crippen LogP contribution is -2.42. The van der Waals surface area contributed by atoms with Crippen LogP contribution >= 0.6 is 0 Å². The third kappa shape index (κ3) is 10.6. The molecule has 0 heterocycles. The molecule has 7 heteroatoms. The molecule has 35 heavy (non-hydrogen) atoms. The Hall–Kier alpha value is -3.35. The van der Waals surface area contributed by atoms with Crippen LogP contribution in [0.25, 0.3) is 0 Å². The number of esters is 2. The molecular formula is C28H37NO6. The van der Waals surface area contributed by atoms with Gasteiger partial charge in [0.25, 0.3) is 0 Å². The van der Waals surface area contributed by atoms with Gasteiger partial charge in [0.05, 0.1) is 12.0 Å². The third-order valence-electron chi connectivity index (χ3n) is 4.81. The van der Waals surface area contributed by atoms with E-state index < -0.39 is 35.3 Å². The fourth-order valence-corrected chi connectivity index (χ4v) is 3.34. The van der Waals surface area contributed by atoms with E-state index in [2.05, 4.69) is 5.32 Å². The first-order valence-corrected chi connectivity index (χ1v) is 11.7. The molecule has 0 spiro atoms. The Labute approximate surface area is 208 Å². The van der Waals surface area contributed by atoms with Gasteiger partial charge in [-0.1, -0.05) is 36.4 Å². The third-order valence-corrected chi connectivity index (χ3v) is 4.81. The first-order chi connectivity index (χ1) is 16.2. The second-order valence-electron chi connectivity index (χ2n) is 10.5. The lowest BCUT2D eigenvalue weighted by Gasteiger charge is -2.25. The van der Waals surface area contributed by atoms with Crippen molar-refractivity contribution in [3.63, 3.8) is 0 Å². The van der Waals surface area contributed by atoms with E-state index in [9.17, 15) is 14.4 Å². The molecule has 0 aliphatic rings. The standard InChI is InChI=1S/C28H37NO6/c1-19-13-14-20(18-33-25(31)21-11-9-8-10-12-21)15-22(19)16-23(17-24(30)34-27(2,3)4)29-26(32)35-28(5,6)7/h8-15,23H,16-18H2,1-7H3,(H,29,32)/t23-/m0/s1. The van der Waals surface area contributed by atoms with Crippen LogP contribution in [0, 0.1) is 6.92 Å². The summed E-state index contributed by atoms with van der Waals surface area (Å²) < 4.78 is 16.3. The highest BCUT2D eigenvalue weighted by molar-refractivity contribution is 5.89. The molecule has 0 aliphatic heterocycles. The Morgan fingerprint density at radius 2 is 1.51 bits per heavy atom. The number of amides is 1. The van der Waals surface area contributed by atoms with Crippen LogP contribution in [0.1, 0.15) is 75.0 Å². The van der Waals surface area contributed by atoms with Gasteiger partial charge in [0.1, 0.15) is 17.8 Å². The van der Waals surface area contributed by atoms with Gasteiger partial charge in [-0.05, 0) is 83.7 Å². The maximum absolute atomic E-state index is 12.5. The molecular weight excluding hydrogens is 446 g/mol. The van der Waals surface area contributed by atoms with E-state index >= 15 is 0 Å². The van der Waals surface area contributed by atoms with Crippen molar-refractivity contribution >= 4 is 18.0 Å². The number of carbonyl (C=O) groups excluding carboxylic acids is 3. The van der Waals surface area contributed by atoms with Gasteiger partial charge in [0.2, 0.25) is 0 Å². The van der Waals surface area contributed by atoms with Crippen molar-refractivity contribution in [1.82, 2.24) is 5.32 Å². The van der Waals surface area contributed by atoms with Crippen LogP contribution in [0.2, 0.25) is 0 Å². The van der Waals surface area contributed by atoms with Gasteiger partial charge in [-0.3, -0.25) is 4.79 Å². The number of hydrogen-bond acceptors (Lipinski definition) is 6. The van der Waals surface area contributed by atoms with Crippen molar-refractivity contribution in [3.8, 4) is 0 Å². The number of ether oxygens (including phenoxy) is 3. The molecule has 0 bridgehead atoms. The van der Waals surface area contributed by atoms with Crippen molar-refractivity contribution < 1.29 is 28.6 Å². The fraction of sp³-hybridized carbons (Fsp3) is 0.464. The zero-order valence-corrected chi connectivity index (χ0v) is 21.8. The quantitative estimate of drug-likeness (QED) is 0.393. The van der Waals surface area contributed by atoms with E-state index in [4.69, 9.17) is 14.2 Å². The summed E-state index contributed by atoms with van der Waals surface area (Å²) in [7, 11) is 0. The number of rotatable bonds is 8. The SMILES string of the molecule is Cc1ccc(COC(=O)c2ccccc2)cc1C[C@@H](CC(=O)OC(C)(C)C)NC(=O)OC(C)(C)C. The van der Waals surface area contributed by atoms with E-state index in [0.717, 1.165) is 16.7 Å². The van der Waals surface area contributed by atoms with Gasteiger partial charge in [-0.15, -0.1) is 0 Å². The molecule has 0 saturated carbocycles. The van der Waals surface area contributed by atoms with Crippen molar-refractivity contribution in [2.75, 3.05) is 0 Å². The number of hydrogen-bond donors (Lipinski definition) is 1. The first-order valence-electron chi connectivity index (χ1n) is 11.7. The van der Waals surface area contributed by atoms with Gasteiger partial charge >= 0.3 is 18.0 Å². The summed E-state index contributed by atoms with van der Waals surface area (Å²) in [6.07, 6.45) is -0.231. The molecule has 1 N–H and O–H groups in total. The molecule has 1 amide bonds. The summed E-state index contributed by atoms with van der Waals surface area (Å²) in [5.74, 6) is -0.814. The molecule has 2 rings (SSSR count). The molecule has 2 aromatic carbocycles.